The largest absolute Gasteiger partial charge is 0.508 e. The van der Waals surface area contributed by atoms with E-state index >= 15 is 0 Å². The predicted molar refractivity (Wildman–Crippen MR) is 144 cm³/mol. The van der Waals surface area contributed by atoms with E-state index in [1.54, 1.807) is 6.07 Å². The average molecular weight is 513 g/mol. The van der Waals surface area contributed by atoms with E-state index in [1.165, 1.54) is 12.1 Å². The Balaban J connectivity index is 1.40. The maximum atomic E-state index is 10.7. The molecule has 4 aromatic carbocycles. The van der Waals surface area contributed by atoms with Gasteiger partial charge < -0.3 is 29.2 Å². The summed E-state index contributed by atoms with van der Waals surface area (Å²) in [7, 11) is 0. The molecule has 1 saturated heterocycles. The van der Waals surface area contributed by atoms with Crippen LogP contribution in [0.5, 0.6) is 11.5 Å². The van der Waals surface area contributed by atoms with Gasteiger partial charge in [-0.2, -0.15) is 0 Å². The van der Waals surface area contributed by atoms with Gasteiger partial charge in [0.1, 0.15) is 35.9 Å². The van der Waals surface area contributed by atoms with Crippen LogP contribution in [0.25, 0.3) is 0 Å². The Morgan fingerprint density at radius 2 is 1.13 bits per heavy atom. The topological polar surface area (TPSA) is 77.4 Å². The van der Waals surface area contributed by atoms with Gasteiger partial charge in [-0.15, -0.1) is 0 Å². The zero-order valence-electron chi connectivity index (χ0n) is 21.1. The molecule has 196 valence electrons. The van der Waals surface area contributed by atoms with E-state index in [1.807, 2.05) is 91.0 Å². The molecule has 4 aromatic rings. The summed E-state index contributed by atoms with van der Waals surface area (Å²) in [5, 5.41) is 20.6. The summed E-state index contributed by atoms with van der Waals surface area (Å²) in [6.07, 6.45) is -2.06. The molecule has 6 nitrogen and oxygen atoms in total. The fourth-order valence-electron chi connectivity index (χ4n) is 4.67. The summed E-state index contributed by atoms with van der Waals surface area (Å²) in [5.74, 6) is -0.0819. The van der Waals surface area contributed by atoms with Gasteiger partial charge in [-0.3, -0.25) is 0 Å². The molecule has 38 heavy (non-hydrogen) atoms. The van der Waals surface area contributed by atoms with Gasteiger partial charge in [-0.1, -0.05) is 91.0 Å². The van der Waals surface area contributed by atoms with Gasteiger partial charge in [-0.05, 0) is 28.8 Å². The van der Waals surface area contributed by atoms with Crippen molar-refractivity contribution in [2.24, 2.45) is 0 Å². The Labute approximate surface area is 223 Å². The first-order chi connectivity index (χ1) is 18.7. The van der Waals surface area contributed by atoms with Crippen molar-refractivity contribution in [3.8, 4) is 11.5 Å². The fourth-order valence-corrected chi connectivity index (χ4v) is 4.67. The highest BCUT2D eigenvalue weighted by Crippen LogP contribution is 2.42. The summed E-state index contributed by atoms with van der Waals surface area (Å²) >= 11 is 0. The second-order valence-electron chi connectivity index (χ2n) is 9.36. The van der Waals surface area contributed by atoms with Gasteiger partial charge in [0.25, 0.3) is 0 Å². The van der Waals surface area contributed by atoms with E-state index in [9.17, 15) is 10.2 Å². The summed E-state index contributed by atoms with van der Waals surface area (Å²) in [6.45, 7) is 1.46. The van der Waals surface area contributed by atoms with Gasteiger partial charge >= 0.3 is 0 Å². The van der Waals surface area contributed by atoms with Crippen molar-refractivity contribution in [3.05, 3.63) is 131 Å². The molecule has 1 aliphatic heterocycles. The molecule has 1 heterocycles. The Morgan fingerprint density at radius 3 is 1.68 bits per heavy atom. The predicted octanol–water partition coefficient (Wildman–Crippen LogP) is 5.93. The molecule has 0 amide bonds. The van der Waals surface area contributed by atoms with Crippen molar-refractivity contribution in [2.75, 3.05) is 6.61 Å². The van der Waals surface area contributed by atoms with Crippen LogP contribution in [0.1, 0.15) is 28.4 Å². The maximum Gasteiger partial charge on any atom is 0.125 e. The van der Waals surface area contributed by atoms with E-state index in [2.05, 4.69) is 0 Å². The van der Waals surface area contributed by atoms with Gasteiger partial charge in [-0.25, -0.2) is 0 Å². The van der Waals surface area contributed by atoms with Crippen molar-refractivity contribution < 1.29 is 29.2 Å². The van der Waals surface area contributed by atoms with E-state index < -0.39 is 24.4 Å². The summed E-state index contributed by atoms with van der Waals surface area (Å²) < 4.78 is 25.5. The van der Waals surface area contributed by atoms with Crippen LogP contribution in [-0.4, -0.2) is 35.1 Å². The average Bonchev–Trinajstić information content (AvgIpc) is 3.29. The SMILES string of the molecule is Oc1ccc([C@H]2O[C@H](COCc3ccccc3)[C@@H](OCc3ccccc3)[C@@H]2OCc2ccccc2)c(O)c1. The van der Waals surface area contributed by atoms with Crippen molar-refractivity contribution in [1.29, 1.82) is 0 Å². The normalized spacial score (nSPS) is 20.9. The second kappa shape index (κ2) is 12.7. The molecule has 0 aliphatic carbocycles. The van der Waals surface area contributed by atoms with Crippen molar-refractivity contribution in [3.63, 3.8) is 0 Å². The highest BCUT2D eigenvalue weighted by molar-refractivity contribution is 5.41. The third-order valence-corrected chi connectivity index (χ3v) is 6.59. The second-order valence-corrected chi connectivity index (χ2v) is 9.36. The standard InChI is InChI=1S/C32H32O6/c33-26-16-17-27(28(34)18-26)30-32(37-21-25-14-8-3-9-15-25)31(36-20-24-12-6-2-7-13-24)29(38-30)22-35-19-23-10-4-1-5-11-23/h1-18,29-34H,19-22H2/t29-,30-,31-,32-/m1/s1. The zero-order valence-corrected chi connectivity index (χ0v) is 21.1. The number of benzene rings is 4. The minimum absolute atomic E-state index is 0.0226. The first-order valence-corrected chi connectivity index (χ1v) is 12.8. The molecule has 0 aromatic heterocycles. The smallest absolute Gasteiger partial charge is 0.125 e. The Hall–Kier alpha value is -3.68. The zero-order chi connectivity index (χ0) is 26.2. The minimum atomic E-state index is -0.620. The van der Waals surface area contributed by atoms with E-state index in [0.29, 0.717) is 25.4 Å². The first kappa shape index (κ1) is 25.9. The summed E-state index contributed by atoms with van der Waals surface area (Å²) in [5.41, 5.74) is 3.65. The van der Waals surface area contributed by atoms with Crippen LogP contribution in [-0.2, 0) is 38.8 Å². The number of hydrogen-bond donors (Lipinski definition) is 2. The van der Waals surface area contributed by atoms with Gasteiger partial charge in [0.05, 0.1) is 26.4 Å². The van der Waals surface area contributed by atoms with Crippen molar-refractivity contribution in [1.82, 2.24) is 0 Å². The summed E-state index contributed by atoms with van der Waals surface area (Å²) in [4.78, 5) is 0. The van der Waals surface area contributed by atoms with Crippen LogP contribution in [0.3, 0.4) is 0 Å². The number of ether oxygens (including phenoxy) is 4. The van der Waals surface area contributed by atoms with E-state index in [0.717, 1.165) is 16.7 Å². The molecule has 2 N–H and O–H groups in total. The molecule has 0 spiro atoms. The van der Waals surface area contributed by atoms with E-state index in [4.69, 9.17) is 18.9 Å². The Morgan fingerprint density at radius 1 is 0.605 bits per heavy atom. The van der Waals surface area contributed by atoms with Crippen LogP contribution in [0.2, 0.25) is 0 Å². The first-order valence-electron chi connectivity index (χ1n) is 12.8. The lowest BCUT2D eigenvalue weighted by molar-refractivity contribution is -0.0898. The number of aromatic hydroxyl groups is 2. The van der Waals surface area contributed by atoms with Gasteiger partial charge in [0.2, 0.25) is 0 Å². The monoisotopic (exact) mass is 512 g/mol. The molecule has 6 heteroatoms. The number of hydrogen-bond acceptors (Lipinski definition) is 6. The molecule has 0 saturated carbocycles. The van der Waals surface area contributed by atoms with Crippen LogP contribution in [0.15, 0.2) is 109 Å². The summed E-state index contributed by atoms with van der Waals surface area (Å²) in [6, 6.07) is 34.3. The third-order valence-electron chi connectivity index (χ3n) is 6.59. The number of phenols is 2. The van der Waals surface area contributed by atoms with Crippen molar-refractivity contribution in [2.45, 2.75) is 44.2 Å². The van der Waals surface area contributed by atoms with Crippen LogP contribution < -0.4 is 0 Å². The molecule has 0 unspecified atom stereocenters. The molecular formula is C32H32O6. The number of rotatable bonds is 11. The number of phenolic OH excluding ortho intramolecular Hbond substituents is 2. The fraction of sp³-hybridized carbons (Fsp3) is 0.250. The highest BCUT2D eigenvalue weighted by Gasteiger charge is 2.48. The van der Waals surface area contributed by atoms with Gasteiger partial charge in [0.15, 0.2) is 0 Å². The van der Waals surface area contributed by atoms with Crippen LogP contribution in [0, 0.1) is 0 Å². The lowest BCUT2D eigenvalue weighted by atomic mass is 10.00. The molecule has 1 fully saturated rings. The highest BCUT2D eigenvalue weighted by atomic mass is 16.6. The lowest BCUT2D eigenvalue weighted by Crippen LogP contribution is -2.37. The van der Waals surface area contributed by atoms with Crippen molar-refractivity contribution >= 4 is 0 Å². The molecular weight excluding hydrogens is 480 g/mol. The molecule has 4 atom stereocenters. The lowest BCUT2D eigenvalue weighted by Gasteiger charge is -2.25. The maximum absolute atomic E-state index is 10.7. The van der Waals surface area contributed by atoms with E-state index in [-0.39, 0.29) is 18.1 Å². The molecule has 0 radical (unpaired) electrons. The Bertz CT molecular complexity index is 1270. The van der Waals surface area contributed by atoms with Crippen LogP contribution in [0.4, 0.5) is 0 Å². The van der Waals surface area contributed by atoms with Gasteiger partial charge in [0, 0.05) is 11.6 Å². The third kappa shape index (κ3) is 6.60. The molecule has 0 bridgehead atoms. The van der Waals surface area contributed by atoms with Crippen LogP contribution >= 0.6 is 0 Å². The quantitative estimate of drug-likeness (QED) is 0.260. The minimum Gasteiger partial charge on any atom is -0.508 e. The molecule has 1 aliphatic rings. The molecule has 5 rings (SSSR count). The Kier molecular flexibility index (Phi) is 8.68.